The molecule has 0 bridgehead atoms. The van der Waals surface area contributed by atoms with Gasteiger partial charge in [-0.15, -0.1) is 13.1 Å². The SMILES string of the molecule is [Cl][Pt].[NH-]CC[SH+]CC[NH-]. The van der Waals surface area contributed by atoms with Crippen molar-refractivity contribution in [1.82, 2.24) is 0 Å². The van der Waals surface area contributed by atoms with Gasteiger partial charge in [0.15, 0.2) is 0 Å². The van der Waals surface area contributed by atoms with Crippen molar-refractivity contribution in [1.29, 1.82) is 0 Å². The quantitative estimate of drug-likeness (QED) is 0.420. The number of hydrogen-bond acceptors (Lipinski definition) is 0. The maximum Gasteiger partial charge on any atom is 0.0865 e. The number of halogens is 1. The fraction of sp³-hybridized carbons (Fsp3) is 1.00. The second-order valence-corrected chi connectivity index (χ2v) is 2.51. The van der Waals surface area contributed by atoms with Crippen LogP contribution in [0.2, 0.25) is 0 Å². The molecule has 0 radical (unpaired) electrons. The summed E-state index contributed by atoms with van der Waals surface area (Å²) in [6.45, 7) is 1.03. The molecule has 0 heterocycles. The number of nitrogens with one attached hydrogen (secondary N) is 2. The molecule has 0 aromatic heterocycles. The van der Waals surface area contributed by atoms with Crippen molar-refractivity contribution in [3.63, 3.8) is 0 Å². The molecule has 5 heteroatoms. The number of hydrogen-bond donors (Lipinski definition) is 0. The molecule has 0 saturated heterocycles. The molecular formula is C4H11ClN2PtS-. The molecule has 2 N–H and O–H groups in total. The summed E-state index contributed by atoms with van der Waals surface area (Å²) in [5, 5.41) is 0. The Morgan fingerprint density at radius 3 is 1.67 bits per heavy atom. The van der Waals surface area contributed by atoms with E-state index in [0.29, 0.717) is 13.1 Å². The normalized spacial score (nSPS) is 8.11. The van der Waals surface area contributed by atoms with E-state index in [2.05, 4.69) is 9.42 Å². The average molecular weight is 350 g/mol. The second kappa shape index (κ2) is 16.1. The topological polar surface area (TPSA) is 47.6 Å². The van der Waals surface area contributed by atoms with E-state index in [1.54, 1.807) is 18.8 Å². The summed E-state index contributed by atoms with van der Waals surface area (Å²) < 4.78 is 0. The Hall–Kier alpha value is 1.25. The van der Waals surface area contributed by atoms with Crippen molar-refractivity contribution >= 4 is 21.2 Å². The van der Waals surface area contributed by atoms with Gasteiger partial charge in [-0.1, -0.05) is 0 Å². The molecule has 0 unspecified atom stereocenters. The van der Waals surface area contributed by atoms with Crippen molar-refractivity contribution in [2.24, 2.45) is 0 Å². The van der Waals surface area contributed by atoms with Crippen LogP contribution in [0, 0.1) is 0 Å². The Morgan fingerprint density at radius 1 is 1.11 bits per heavy atom. The van der Waals surface area contributed by atoms with E-state index in [9.17, 15) is 0 Å². The first-order chi connectivity index (χ1) is 4.41. The molecule has 0 atom stereocenters. The van der Waals surface area contributed by atoms with Crippen LogP contribution in [0.3, 0.4) is 0 Å². The van der Waals surface area contributed by atoms with Crippen LogP contribution in [-0.2, 0) is 30.5 Å². The van der Waals surface area contributed by atoms with Gasteiger partial charge in [0.1, 0.15) is 0 Å². The Labute approximate surface area is 75.9 Å². The van der Waals surface area contributed by atoms with Crippen LogP contribution in [0.15, 0.2) is 0 Å². The van der Waals surface area contributed by atoms with Gasteiger partial charge in [0.25, 0.3) is 0 Å². The van der Waals surface area contributed by atoms with Crippen LogP contribution in [0.4, 0.5) is 0 Å². The summed E-state index contributed by atoms with van der Waals surface area (Å²) in [6, 6.07) is 0. The van der Waals surface area contributed by atoms with E-state index in [0.717, 1.165) is 11.5 Å². The smallest absolute Gasteiger partial charge is 0.0865 e. The molecule has 0 aliphatic rings. The predicted molar refractivity (Wildman–Crippen MR) is 42.7 cm³/mol. The third-order valence-electron chi connectivity index (χ3n) is 0.540. The van der Waals surface area contributed by atoms with Gasteiger partial charge in [-0.25, -0.2) is 0 Å². The number of thiol groups is 1. The Balaban J connectivity index is 0. The van der Waals surface area contributed by atoms with Crippen LogP contribution in [0.25, 0.3) is 11.5 Å². The first kappa shape index (κ1) is 12.9. The van der Waals surface area contributed by atoms with E-state index < -0.39 is 0 Å². The molecule has 0 amide bonds. The zero-order valence-corrected chi connectivity index (χ0v) is 8.89. The Bertz CT molecular complexity index is 37.7. The third kappa shape index (κ3) is 17.6. The summed E-state index contributed by atoms with van der Waals surface area (Å²) in [5.74, 6) is 1.89. The van der Waals surface area contributed by atoms with Crippen molar-refractivity contribution in [2.45, 2.75) is 0 Å². The molecular weight excluding hydrogens is 339 g/mol. The first-order valence-corrected chi connectivity index (χ1v) is 6.54. The largest absolute Gasteiger partial charge is 0.674 e. The van der Waals surface area contributed by atoms with Gasteiger partial charge in [-0.2, -0.15) is 0 Å². The molecule has 0 aromatic carbocycles. The van der Waals surface area contributed by atoms with Gasteiger partial charge in [0.05, 0.1) is 11.5 Å². The van der Waals surface area contributed by atoms with Gasteiger partial charge in [-0.3, -0.25) is 0 Å². The van der Waals surface area contributed by atoms with Crippen LogP contribution in [0.5, 0.6) is 0 Å². The summed E-state index contributed by atoms with van der Waals surface area (Å²) in [4.78, 5) is 0. The molecule has 2 nitrogen and oxygen atoms in total. The minimum absolute atomic E-state index is 0.515. The maximum atomic E-state index is 6.71. The monoisotopic (exact) mass is 349 g/mol. The first-order valence-electron chi connectivity index (χ1n) is 2.46. The minimum atomic E-state index is 0.515. The molecule has 0 aromatic rings. The van der Waals surface area contributed by atoms with Crippen LogP contribution < -0.4 is 0 Å². The van der Waals surface area contributed by atoms with Gasteiger partial charge in [-0.05, 0) is 11.8 Å². The van der Waals surface area contributed by atoms with Gasteiger partial charge in [0.2, 0.25) is 0 Å². The van der Waals surface area contributed by atoms with Crippen molar-refractivity contribution in [2.75, 3.05) is 24.6 Å². The maximum absolute atomic E-state index is 6.71. The molecule has 9 heavy (non-hydrogen) atoms. The van der Waals surface area contributed by atoms with Crippen molar-refractivity contribution in [3.05, 3.63) is 11.5 Å². The van der Waals surface area contributed by atoms with Crippen LogP contribution in [0.1, 0.15) is 0 Å². The fourth-order valence-corrected chi connectivity index (χ4v) is 0.810. The van der Waals surface area contributed by atoms with E-state index in [1.165, 1.54) is 11.8 Å². The summed E-state index contributed by atoms with van der Waals surface area (Å²) in [5.41, 5.74) is 13.4. The minimum Gasteiger partial charge on any atom is -0.674 e. The summed E-state index contributed by atoms with van der Waals surface area (Å²) in [6.07, 6.45) is 0. The van der Waals surface area contributed by atoms with Gasteiger partial charge < -0.3 is 11.5 Å². The standard InChI is InChI=1S/C4H10N2S.ClH.Pt/c5-1-3-7-4-2-6;;/h5-6H,1-4H2;1H;/q-2;;+1. The molecule has 61 valence electrons. The number of rotatable bonds is 4. The second-order valence-electron chi connectivity index (χ2n) is 1.17. The van der Waals surface area contributed by atoms with E-state index in [4.69, 9.17) is 11.5 Å². The Morgan fingerprint density at radius 2 is 1.44 bits per heavy atom. The van der Waals surface area contributed by atoms with Crippen molar-refractivity contribution in [3.8, 4) is 0 Å². The fourth-order valence-electron chi connectivity index (χ4n) is 0.270. The third-order valence-corrected chi connectivity index (χ3v) is 1.62. The molecule has 0 aliphatic heterocycles. The molecule has 0 saturated carbocycles. The molecule has 0 rings (SSSR count). The molecule has 0 spiro atoms. The zero-order chi connectivity index (χ0) is 7.54. The molecule has 0 aliphatic carbocycles. The van der Waals surface area contributed by atoms with Crippen LogP contribution in [-0.4, -0.2) is 24.6 Å². The van der Waals surface area contributed by atoms with Crippen LogP contribution >= 0.6 is 9.42 Å². The van der Waals surface area contributed by atoms with E-state index >= 15 is 0 Å². The Kier molecular flexibility index (Phi) is 23.1. The van der Waals surface area contributed by atoms with Gasteiger partial charge >= 0.3 is 28.2 Å². The molecule has 0 fully saturated rings. The predicted octanol–water partition coefficient (Wildman–Crippen LogP) is 1.59. The summed E-state index contributed by atoms with van der Waals surface area (Å²) in [7, 11) is 4.61. The van der Waals surface area contributed by atoms with Gasteiger partial charge in [0, 0.05) is 0 Å². The van der Waals surface area contributed by atoms with E-state index in [-0.39, 0.29) is 0 Å². The zero-order valence-electron chi connectivity index (χ0n) is 4.97. The summed E-state index contributed by atoms with van der Waals surface area (Å²) >= 11 is 2.88. The van der Waals surface area contributed by atoms with Crippen molar-refractivity contribution < 1.29 is 18.8 Å². The average Bonchev–Trinajstić information content (AvgIpc) is 1.94. The van der Waals surface area contributed by atoms with E-state index in [1.807, 2.05) is 0 Å².